The van der Waals surface area contributed by atoms with Crippen molar-refractivity contribution in [1.82, 2.24) is 10.2 Å². The molecule has 6 nitrogen and oxygen atoms in total. The molecule has 27 heavy (non-hydrogen) atoms. The van der Waals surface area contributed by atoms with Gasteiger partial charge in [-0.05, 0) is 55.7 Å². The van der Waals surface area contributed by atoms with Gasteiger partial charge >= 0.3 is 0 Å². The molecule has 1 aliphatic carbocycles. The molecule has 1 fully saturated rings. The van der Waals surface area contributed by atoms with Crippen LogP contribution < -0.4 is 11.1 Å². The van der Waals surface area contributed by atoms with Crippen LogP contribution in [0.15, 0.2) is 18.2 Å². The first-order valence-corrected chi connectivity index (χ1v) is 9.96. The van der Waals surface area contributed by atoms with E-state index in [9.17, 15) is 14.4 Å². The van der Waals surface area contributed by atoms with Crippen LogP contribution in [-0.4, -0.2) is 48.2 Å². The fraction of sp³-hybridized carbons (Fsp3) is 0.571. The van der Waals surface area contributed by atoms with E-state index in [4.69, 9.17) is 5.73 Å². The Hall–Kier alpha value is -2.21. The predicted molar refractivity (Wildman–Crippen MR) is 103 cm³/mol. The number of carbonyl (C=O) groups excluding carboxylic acids is 3. The molecule has 0 radical (unpaired) electrons. The second kappa shape index (κ2) is 9.13. The van der Waals surface area contributed by atoms with Gasteiger partial charge in [0.05, 0.1) is 6.54 Å². The molecular formula is C21H29N3O3. The summed E-state index contributed by atoms with van der Waals surface area (Å²) in [7, 11) is 0. The van der Waals surface area contributed by atoms with Gasteiger partial charge in [0, 0.05) is 37.5 Å². The van der Waals surface area contributed by atoms with Crippen LogP contribution in [0.1, 0.15) is 60.0 Å². The number of amides is 2. The topological polar surface area (TPSA) is 92.5 Å². The maximum absolute atomic E-state index is 12.4. The molecule has 3 N–H and O–H groups in total. The van der Waals surface area contributed by atoms with Gasteiger partial charge in [0.25, 0.3) is 0 Å². The van der Waals surface area contributed by atoms with E-state index in [0.29, 0.717) is 0 Å². The summed E-state index contributed by atoms with van der Waals surface area (Å²) in [6.45, 7) is 1.78. The summed E-state index contributed by atoms with van der Waals surface area (Å²) in [5.41, 5.74) is 8.59. The average Bonchev–Trinajstić information content (AvgIpc) is 2.67. The molecule has 6 heteroatoms. The Balaban J connectivity index is 1.41. The van der Waals surface area contributed by atoms with Crippen LogP contribution >= 0.6 is 0 Å². The van der Waals surface area contributed by atoms with Crippen LogP contribution in [0.4, 0.5) is 0 Å². The smallest absolute Gasteiger partial charge is 0.231 e. The van der Waals surface area contributed by atoms with Crippen LogP contribution in [0.5, 0.6) is 0 Å². The number of hydrogen-bond acceptors (Lipinski definition) is 4. The number of nitrogens with two attached hydrogens (primary N) is 1. The number of aryl methyl sites for hydroxylation is 2. The zero-order chi connectivity index (χ0) is 19.2. The van der Waals surface area contributed by atoms with Gasteiger partial charge in [-0.3, -0.25) is 19.3 Å². The van der Waals surface area contributed by atoms with E-state index in [2.05, 4.69) is 11.4 Å². The monoisotopic (exact) mass is 371 g/mol. The second-order valence-electron chi connectivity index (χ2n) is 7.70. The third-order valence-electron chi connectivity index (χ3n) is 5.58. The summed E-state index contributed by atoms with van der Waals surface area (Å²) >= 11 is 0. The van der Waals surface area contributed by atoms with E-state index in [1.165, 1.54) is 24.0 Å². The lowest BCUT2D eigenvalue weighted by Crippen LogP contribution is -2.46. The van der Waals surface area contributed by atoms with E-state index < -0.39 is 0 Å². The largest absolute Gasteiger partial charge is 0.369 e. The van der Waals surface area contributed by atoms with Crippen molar-refractivity contribution in [2.45, 2.75) is 57.4 Å². The SMILES string of the molecule is NC(=O)CN1CCC(NC(=O)CCC(=O)c2ccc3c(c2)CCCC3)CC1. The number of ketones is 1. The van der Waals surface area contributed by atoms with Gasteiger partial charge in [-0.1, -0.05) is 12.1 Å². The normalized spacial score (nSPS) is 17.9. The van der Waals surface area contributed by atoms with E-state index in [1.807, 2.05) is 17.0 Å². The molecular weight excluding hydrogens is 342 g/mol. The first-order chi connectivity index (χ1) is 13.0. The van der Waals surface area contributed by atoms with Crippen LogP contribution in [0.3, 0.4) is 0 Å². The number of piperidine rings is 1. The molecule has 3 rings (SSSR count). The fourth-order valence-electron chi connectivity index (χ4n) is 4.03. The number of nitrogens with zero attached hydrogens (tertiary/aromatic N) is 1. The molecule has 0 spiro atoms. The molecule has 1 aromatic rings. The van der Waals surface area contributed by atoms with E-state index in [1.54, 1.807) is 0 Å². The van der Waals surface area contributed by atoms with Crippen molar-refractivity contribution < 1.29 is 14.4 Å². The van der Waals surface area contributed by atoms with Crippen LogP contribution in [0.25, 0.3) is 0 Å². The molecule has 1 saturated heterocycles. The zero-order valence-electron chi connectivity index (χ0n) is 15.8. The van der Waals surface area contributed by atoms with Gasteiger partial charge < -0.3 is 11.1 Å². The maximum Gasteiger partial charge on any atom is 0.231 e. The molecule has 0 aromatic heterocycles. The lowest BCUT2D eigenvalue weighted by atomic mass is 9.89. The van der Waals surface area contributed by atoms with Crippen molar-refractivity contribution in [3.8, 4) is 0 Å². The molecule has 0 unspecified atom stereocenters. The van der Waals surface area contributed by atoms with Crippen molar-refractivity contribution in [2.24, 2.45) is 5.73 Å². The number of Topliss-reactive ketones (excluding diaryl/α,β-unsaturated/α-hetero) is 1. The summed E-state index contributed by atoms with van der Waals surface area (Å²) in [4.78, 5) is 37.6. The number of likely N-dealkylation sites (tertiary alicyclic amines) is 1. The van der Waals surface area contributed by atoms with Crippen molar-refractivity contribution >= 4 is 17.6 Å². The average molecular weight is 371 g/mol. The lowest BCUT2D eigenvalue weighted by molar-refractivity contribution is -0.123. The summed E-state index contributed by atoms with van der Waals surface area (Å²) in [5, 5.41) is 3.02. The molecule has 0 saturated carbocycles. The van der Waals surface area contributed by atoms with Crippen LogP contribution in [0.2, 0.25) is 0 Å². The van der Waals surface area contributed by atoms with Gasteiger partial charge in [-0.2, -0.15) is 0 Å². The highest BCUT2D eigenvalue weighted by molar-refractivity contribution is 5.98. The molecule has 0 atom stereocenters. The van der Waals surface area contributed by atoms with Crippen LogP contribution in [-0.2, 0) is 22.4 Å². The van der Waals surface area contributed by atoms with Gasteiger partial charge in [0.15, 0.2) is 5.78 Å². The number of carbonyl (C=O) groups is 3. The van der Waals surface area contributed by atoms with Gasteiger partial charge in [-0.25, -0.2) is 0 Å². The van der Waals surface area contributed by atoms with E-state index in [-0.39, 0.29) is 43.0 Å². The minimum Gasteiger partial charge on any atom is -0.369 e. The van der Waals surface area contributed by atoms with Gasteiger partial charge in [-0.15, -0.1) is 0 Å². The Morgan fingerprint density at radius 2 is 1.74 bits per heavy atom. The fourth-order valence-corrected chi connectivity index (χ4v) is 4.03. The Morgan fingerprint density at radius 3 is 2.44 bits per heavy atom. The highest BCUT2D eigenvalue weighted by atomic mass is 16.2. The highest BCUT2D eigenvalue weighted by Gasteiger charge is 2.22. The first-order valence-electron chi connectivity index (χ1n) is 9.96. The van der Waals surface area contributed by atoms with E-state index >= 15 is 0 Å². The van der Waals surface area contributed by atoms with E-state index in [0.717, 1.165) is 44.3 Å². The van der Waals surface area contributed by atoms with Crippen molar-refractivity contribution in [3.05, 3.63) is 34.9 Å². The van der Waals surface area contributed by atoms with Gasteiger partial charge in [0.1, 0.15) is 0 Å². The molecule has 1 heterocycles. The zero-order valence-corrected chi connectivity index (χ0v) is 15.8. The summed E-state index contributed by atoms with van der Waals surface area (Å²) in [5.74, 6) is -0.359. The number of fused-ring (bicyclic) bond motifs is 1. The molecule has 2 amide bonds. The Labute approximate surface area is 160 Å². The third kappa shape index (κ3) is 5.63. The first kappa shape index (κ1) is 19.5. The number of nitrogens with one attached hydrogen (secondary N) is 1. The number of hydrogen-bond donors (Lipinski definition) is 2. The Bertz CT molecular complexity index is 709. The minimum absolute atomic E-state index is 0.0369. The van der Waals surface area contributed by atoms with Gasteiger partial charge in [0.2, 0.25) is 11.8 Å². The summed E-state index contributed by atoms with van der Waals surface area (Å²) < 4.78 is 0. The lowest BCUT2D eigenvalue weighted by Gasteiger charge is -2.31. The minimum atomic E-state index is -0.321. The molecule has 1 aliphatic heterocycles. The predicted octanol–water partition coefficient (Wildman–Crippen LogP) is 1.59. The van der Waals surface area contributed by atoms with Crippen molar-refractivity contribution in [2.75, 3.05) is 19.6 Å². The summed E-state index contributed by atoms with van der Waals surface area (Å²) in [6.07, 6.45) is 6.63. The Morgan fingerprint density at radius 1 is 1.04 bits per heavy atom. The second-order valence-corrected chi connectivity index (χ2v) is 7.70. The molecule has 146 valence electrons. The number of rotatable bonds is 7. The maximum atomic E-state index is 12.4. The molecule has 0 bridgehead atoms. The third-order valence-corrected chi connectivity index (χ3v) is 5.58. The molecule has 2 aliphatic rings. The summed E-state index contributed by atoms with van der Waals surface area (Å²) in [6, 6.07) is 6.10. The standard InChI is InChI=1S/C21H29N3O3/c22-20(26)14-24-11-9-18(10-12-24)23-21(27)8-7-19(25)17-6-5-15-3-1-2-4-16(15)13-17/h5-6,13,18H,1-4,7-12,14H2,(H2,22,26)(H,23,27). The van der Waals surface area contributed by atoms with Crippen molar-refractivity contribution in [3.63, 3.8) is 0 Å². The number of primary amides is 1. The quantitative estimate of drug-likeness (QED) is 0.712. The Kier molecular flexibility index (Phi) is 6.61. The van der Waals surface area contributed by atoms with Crippen LogP contribution in [0, 0.1) is 0 Å². The number of benzene rings is 1. The highest BCUT2D eigenvalue weighted by Crippen LogP contribution is 2.23. The molecule has 1 aromatic carbocycles. The van der Waals surface area contributed by atoms with Crippen molar-refractivity contribution in [1.29, 1.82) is 0 Å².